The Morgan fingerprint density at radius 3 is 2.90 bits per heavy atom. The molecule has 3 N–H and O–H groups in total. The van der Waals surface area contributed by atoms with Gasteiger partial charge in [-0.2, -0.15) is 0 Å². The summed E-state index contributed by atoms with van der Waals surface area (Å²) in [7, 11) is 0. The molecule has 0 atom stereocenters. The normalized spacial score (nSPS) is 10.3. The van der Waals surface area contributed by atoms with Crippen molar-refractivity contribution in [3.05, 3.63) is 41.3 Å². The first kappa shape index (κ1) is 13.9. The Kier molecular flexibility index (Phi) is 4.24. The Labute approximate surface area is 116 Å². The van der Waals surface area contributed by atoms with Crippen LogP contribution in [-0.4, -0.2) is 17.7 Å². The fourth-order valence-electron chi connectivity index (χ4n) is 1.74. The van der Waals surface area contributed by atoms with Crippen molar-refractivity contribution in [3.8, 4) is 0 Å². The molecule has 0 aliphatic rings. The number of hydrogen-bond donors (Lipinski definition) is 2. The number of aryl methyl sites for hydroxylation is 1. The van der Waals surface area contributed by atoms with Crippen LogP contribution in [0.15, 0.2) is 28.8 Å². The number of nitrogens with zero attached hydrogens (tertiary/aromatic N) is 1. The molecule has 0 saturated heterocycles. The summed E-state index contributed by atoms with van der Waals surface area (Å²) in [5.74, 6) is 0.293. The first-order valence-corrected chi connectivity index (χ1v) is 6.33. The largest absolute Gasteiger partial charge is 0.462 e. The van der Waals surface area contributed by atoms with Crippen LogP contribution < -0.4 is 11.1 Å². The van der Waals surface area contributed by atoms with E-state index in [2.05, 4.69) is 10.5 Å². The molecule has 0 saturated carbocycles. The van der Waals surface area contributed by atoms with E-state index in [0.717, 1.165) is 17.1 Å². The topological polar surface area (TPSA) is 90.4 Å². The Bertz CT molecular complexity index is 607. The van der Waals surface area contributed by atoms with Gasteiger partial charge in [-0.05, 0) is 32.0 Å². The molecule has 6 heteroatoms. The van der Waals surface area contributed by atoms with Gasteiger partial charge in [-0.15, -0.1) is 0 Å². The van der Waals surface area contributed by atoms with Gasteiger partial charge in [-0.1, -0.05) is 5.16 Å². The van der Waals surface area contributed by atoms with Gasteiger partial charge in [-0.3, -0.25) is 0 Å². The van der Waals surface area contributed by atoms with Crippen LogP contribution in [0.5, 0.6) is 0 Å². The van der Waals surface area contributed by atoms with Crippen molar-refractivity contribution in [3.63, 3.8) is 0 Å². The number of hydrogen-bond acceptors (Lipinski definition) is 6. The summed E-state index contributed by atoms with van der Waals surface area (Å²) in [4.78, 5) is 11.7. The lowest BCUT2D eigenvalue weighted by Crippen LogP contribution is -2.09. The molecule has 0 aliphatic heterocycles. The average molecular weight is 275 g/mol. The standard InChI is InChI=1S/C14H17N3O3/c1-3-19-14(18)12-7-10(4-5-13(12)15)16-8-11-6-9(2)17-20-11/h4-7,16H,3,8,15H2,1-2H3. The number of nitrogen functional groups attached to an aromatic ring is 1. The van der Waals surface area contributed by atoms with E-state index in [0.29, 0.717) is 24.4 Å². The molecular weight excluding hydrogens is 258 g/mol. The first-order chi connectivity index (χ1) is 9.60. The number of rotatable bonds is 5. The van der Waals surface area contributed by atoms with Crippen LogP contribution in [0.4, 0.5) is 11.4 Å². The molecule has 0 spiro atoms. The summed E-state index contributed by atoms with van der Waals surface area (Å²) in [6, 6.07) is 6.97. The van der Waals surface area contributed by atoms with Crippen LogP contribution in [0.2, 0.25) is 0 Å². The number of nitrogens with one attached hydrogen (secondary N) is 1. The highest BCUT2D eigenvalue weighted by molar-refractivity contribution is 5.96. The summed E-state index contributed by atoms with van der Waals surface area (Å²) in [5, 5.41) is 6.95. The third-order valence-corrected chi connectivity index (χ3v) is 2.69. The second-order valence-corrected chi connectivity index (χ2v) is 4.31. The van der Waals surface area contributed by atoms with Gasteiger partial charge in [-0.25, -0.2) is 4.79 Å². The molecule has 2 aromatic rings. The molecule has 0 unspecified atom stereocenters. The summed E-state index contributed by atoms with van der Waals surface area (Å²) >= 11 is 0. The van der Waals surface area contributed by atoms with E-state index in [1.54, 1.807) is 25.1 Å². The van der Waals surface area contributed by atoms with Gasteiger partial charge in [0.1, 0.15) is 0 Å². The maximum absolute atomic E-state index is 11.7. The van der Waals surface area contributed by atoms with E-state index in [1.165, 1.54) is 0 Å². The molecule has 6 nitrogen and oxygen atoms in total. The Morgan fingerprint density at radius 2 is 2.25 bits per heavy atom. The van der Waals surface area contributed by atoms with E-state index in [-0.39, 0.29) is 0 Å². The van der Waals surface area contributed by atoms with Gasteiger partial charge in [0, 0.05) is 17.4 Å². The zero-order valence-corrected chi connectivity index (χ0v) is 11.5. The number of anilines is 2. The molecule has 0 radical (unpaired) electrons. The van der Waals surface area contributed by atoms with Crippen LogP contribution >= 0.6 is 0 Å². The van der Waals surface area contributed by atoms with Gasteiger partial charge >= 0.3 is 5.97 Å². The maximum Gasteiger partial charge on any atom is 0.340 e. The zero-order chi connectivity index (χ0) is 14.5. The molecule has 0 amide bonds. The van der Waals surface area contributed by atoms with Gasteiger partial charge in [0.05, 0.1) is 24.4 Å². The molecule has 1 aromatic carbocycles. The lowest BCUT2D eigenvalue weighted by Gasteiger charge is -2.09. The average Bonchev–Trinajstić information content (AvgIpc) is 2.84. The fraction of sp³-hybridized carbons (Fsp3) is 0.286. The van der Waals surface area contributed by atoms with Crippen LogP contribution in [0.1, 0.15) is 28.7 Å². The predicted octanol–water partition coefficient (Wildman–Crippen LogP) is 2.35. The van der Waals surface area contributed by atoms with Crippen molar-refractivity contribution in [1.29, 1.82) is 0 Å². The van der Waals surface area contributed by atoms with Crippen LogP contribution in [-0.2, 0) is 11.3 Å². The van der Waals surface area contributed by atoms with Crippen LogP contribution in [0.3, 0.4) is 0 Å². The molecule has 0 bridgehead atoms. The summed E-state index contributed by atoms with van der Waals surface area (Å²) in [6.07, 6.45) is 0. The Hall–Kier alpha value is -2.50. The molecule has 1 aromatic heterocycles. The number of ether oxygens (including phenoxy) is 1. The predicted molar refractivity (Wildman–Crippen MR) is 75.4 cm³/mol. The fourth-order valence-corrected chi connectivity index (χ4v) is 1.74. The van der Waals surface area contributed by atoms with Crippen molar-refractivity contribution >= 4 is 17.3 Å². The third kappa shape index (κ3) is 3.28. The molecular formula is C14H17N3O3. The maximum atomic E-state index is 11.7. The van der Waals surface area contributed by atoms with E-state index >= 15 is 0 Å². The van der Waals surface area contributed by atoms with Crippen molar-refractivity contribution in [2.75, 3.05) is 17.7 Å². The summed E-state index contributed by atoms with van der Waals surface area (Å²) in [6.45, 7) is 4.40. The lowest BCUT2D eigenvalue weighted by atomic mass is 10.1. The van der Waals surface area contributed by atoms with E-state index in [1.807, 2.05) is 13.0 Å². The number of benzene rings is 1. The SMILES string of the molecule is CCOC(=O)c1cc(NCc2cc(C)no2)ccc1N. The number of carbonyl (C=O) groups is 1. The van der Waals surface area contributed by atoms with Gasteiger partial charge in [0.25, 0.3) is 0 Å². The van der Waals surface area contributed by atoms with Gasteiger partial charge in [0.15, 0.2) is 5.76 Å². The smallest absolute Gasteiger partial charge is 0.340 e. The number of aromatic nitrogens is 1. The third-order valence-electron chi connectivity index (χ3n) is 2.69. The Morgan fingerprint density at radius 1 is 1.45 bits per heavy atom. The van der Waals surface area contributed by atoms with Crippen molar-refractivity contribution in [1.82, 2.24) is 5.16 Å². The minimum atomic E-state index is -0.427. The zero-order valence-electron chi connectivity index (χ0n) is 11.5. The first-order valence-electron chi connectivity index (χ1n) is 6.33. The van der Waals surface area contributed by atoms with Gasteiger partial charge < -0.3 is 20.3 Å². The summed E-state index contributed by atoms with van der Waals surface area (Å²) in [5.41, 5.74) is 8.11. The van der Waals surface area contributed by atoms with Crippen molar-refractivity contribution in [2.24, 2.45) is 0 Å². The van der Waals surface area contributed by atoms with Crippen molar-refractivity contribution in [2.45, 2.75) is 20.4 Å². The molecule has 1 heterocycles. The van der Waals surface area contributed by atoms with E-state index < -0.39 is 5.97 Å². The number of nitrogens with two attached hydrogens (primary N) is 1. The second-order valence-electron chi connectivity index (χ2n) is 4.31. The lowest BCUT2D eigenvalue weighted by molar-refractivity contribution is 0.0527. The molecule has 0 aliphatic carbocycles. The number of carbonyl (C=O) groups excluding carboxylic acids is 1. The highest BCUT2D eigenvalue weighted by atomic mass is 16.5. The summed E-state index contributed by atoms with van der Waals surface area (Å²) < 4.78 is 10.1. The number of esters is 1. The second kappa shape index (κ2) is 6.10. The highest BCUT2D eigenvalue weighted by Crippen LogP contribution is 2.19. The molecule has 0 fully saturated rings. The minimum absolute atomic E-state index is 0.313. The quantitative estimate of drug-likeness (QED) is 0.643. The van der Waals surface area contributed by atoms with Crippen molar-refractivity contribution < 1.29 is 14.1 Å². The van der Waals surface area contributed by atoms with Crippen LogP contribution in [0, 0.1) is 6.92 Å². The van der Waals surface area contributed by atoms with Gasteiger partial charge in [0.2, 0.25) is 0 Å². The van der Waals surface area contributed by atoms with Crippen LogP contribution in [0.25, 0.3) is 0 Å². The molecule has 2 rings (SSSR count). The molecule has 106 valence electrons. The monoisotopic (exact) mass is 275 g/mol. The van der Waals surface area contributed by atoms with E-state index in [4.69, 9.17) is 15.0 Å². The minimum Gasteiger partial charge on any atom is -0.462 e. The Balaban J connectivity index is 2.08. The highest BCUT2D eigenvalue weighted by Gasteiger charge is 2.11. The van der Waals surface area contributed by atoms with E-state index in [9.17, 15) is 4.79 Å². The molecule has 20 heavy (non-hydrogen) atoms.